The molecule has 5 aliphatic rings. The molecular formula is C28H40O5. The SMILES string of the molecule is C[C@]12CC[C@@H]3c4ccc(O[C@@H]5CCCCO5)cc4[C@@H](O)C[C@H]3[C@@H]1CC[C@@H]2O[C@@H]1CCCCO1. The first-order valence-electron chi connectivity index (χ1n) is 13.5. The standard InChI is InChI=1S/C28H40O5/c1-28-13-12-20-19-9-8-18(32-26-6-2-4-14-30-26)16-22(19)24(29)17-21(20)23(28)10-11-25(28)33-27-7-3-5-15-31-27/h8-9,16,20-21,23-27,29H,2-7,10-15,17H2,1H3/t20-,21-,23+,24+,25+,26-,27-,28+/m1/s1. The van der Waals surface area contributed by atoms with E-state index in [4.69, 9.17) is 18.9 Å². The zero-order valence-corrected chi connectivity index (χ0v) is 20.0. The second kappa shape index (κ2) is 9.14. The predicted octanol–water partition coefficient (Wildman–Crippen LogP) is 5.85. The Hall–Kier alpha value is -1.14. The van der Waals surface area contributed by atoms with Crippen LogP contribution in [0.2, 0.25) is 0 Å². The van der Waals surface area contributed by atoms with E-state index in [9.17, 15) is 5.11 Å². The summed E-state index contributed by atoms with van der Waals surface area (Å²) in [5, 5.41) is 11.2. The molecule has 6 rings (SSSR count). The Kier molecular flexibility index (Phi) is 6.19. The van der Waals surface area contributed by atoms with Crippen molar-refractivity contribution in [3.63, 3.8) is 0 Å². The summed E-state index contributed by atoms with van der Waals surface area (Å²) in [4.78, 5) is 0. The van der Waals surface area contributed by atoms with Crippen LogP contribution in [-0.2, 0) is 14.2 Å². The molecule has 1 aromatic carbocycles. The number of fused-ring (bicyclic) bond motifs is 5. The highest BCUT2D eigenvalue weighted by Crippen LogP contribution is 2.63. The van der Waals surface area contributed by atoms with Gasteiger partial charge < -0.3 is 24.1 Å². The fraction of sp³-hybridized carbons (Fsp3) is 0.786. The fourth-order valence-corrected chi connectivity index (χ4v) is 7.77. The highest BCUT2D eigenvalue weighted by Gasteiger charge is 2.56. The molecule has 2 heterocycles. The highest BCUT2D eigenvalue weighted by molar-refractivity contribution is 5.42. The van der Waals surface area contributed by atoms with E-state index in [0.717, 1.165) is 69.5 Å². The van der Waals surface area contributed by atoms with Gasteiger partial charge in [0.2, 0.25) is 0 Å². The number of benzene rings is 1. The van der Waals surface area contributed by atoms with Gasteiger partial charge in [0.05, 0.1) is 18.8 Å². The molecule has 5 heteroatoms. The molecule has 2 saturated heterocycles. The lowest BCUT2D eigenvalue weighted by molar-refractivity contribution is -0.213. The molecule has 0 spiro atoms. The van der Waals surface area contributed by atoms with Gasteiger partial charge in [-0.2, -0.15) is 0 Å². The minimum Gasteiger partial charge on any atom is -0.465 e. The molecule has 0 bridgehead atoms. The van der Waals surface area contributed by atoms with Crippen LogP contribution in [0.4, 0.5) is 0 Å². The number of rotatable bonds is 4. The summed E-state index contributed by atoms with van der Waals surface area (Å²) in [5.41, 5.74) is 2.62. The van der Waals surface area contributed by atoms with Gasteiger partial charge in [-0.05, 0) is 111 Å². The van der Waals surface area contributed by atoms with E-state index in [-0.39, 0.29) is 24.1 Å². The van der Waals surface area contributed by atoms with Crippen molar-refractivity contribution in [1.82, 2.24) is 0 Å². The smallest absolute Gasteiger partial charge is 0.199 e. The Morgan fingerprint density at radius 1 is 0.909 bits per heavy atom. The van der Waals surface area contributed by atoms with Gasteiger partial charge in [0.1, 0.15) is 5.75 Å². The van der Waals surface area contributed by atoms with Gasteiger partial charge in [0.15, 0.2) is 12.6 Å². The predicted molar refractivity (Wildman–Crippen MR) is 125 cm³/mol. The quantitative estimate of drug-likeness (QED) is 0.616. The van der Waals surface area contributed by atoms with Crippen molar-refractivity contribution in [3.8, 4) is 5.75 Å². The van der Waals surface area contributed by atoms with E-state index in [1.165, 1.54) is 31.2 Å². The summed E-state index contributed by atoms with van der Waals surface area (Å²) in [6.07, 6.45) is 11.9. The van der Waals surface area contributed by atoms with E-state index in [2.05, 4.69) is 25.1 Å². The van der Waals surface area contributed by atoms with Crippen LogP contribution in [0.3, 0.4) is 0 Å². The van der Waals surface area contributed by atoms with Gasteiger partial charge >= 0.3 is 0 Å². The lowest BCUT2D eigenvalue weighted by Gasteiger charge is -2.51. The van der Waals surface area contributed by atoms with Crippen molar-refractivity contribution < 1.29 is 24.1 Å². The number of hydrogen-bond acceptors (Lipinski definition) is 5. The summed E-state index contributed by atoms with van der Waals surface area (Å²) >= 11 is 0. The van der Waals surface area contributed by atoms with E-state index >= 15 is 0 Å². The van der Waals surface area contributed by atoms with Crippen molar-refractivity contribution in [2.75, 3.05) is 13.2 Å². The Labute approximate surface area is 198 Å². The van der Waals surface area contributed by atoms with Crippen LogP contribution in [0, 0.1) is 17.3 Å². The Morgan fingerprint density at radius 2 is 1.70 bits per heavy atom. The summed E-state index contributed by atoms with van der Waals surface area (Å²) in [5.74, 6) is 2.51. The molecule has 3 aliphatic carbocycles. The van der Waals surface area contributed by atoms with Crippen molar-refractivity contribution in [1.29, 1.82) is 0 Å². The summed E-state index contributed by atoms with van der Waals surface area (Å²) in [6, 6.07) is 6.42. The summed E-state index contributed by atoms with van der Waals surface area (Å²) < 4.78 is 24.4. The number of hydrogen-bond donors (Lipinski definition) is 1. The first-order valence-corrected chi connectivity index (χ1v) is 13.5. The van der Waals surface area contributed by atoms with E-state index in [1.54, 1.807) is 0 Å². The Bertz CT molecular complexity index is 830. The maximum absolute atomic E-state index is 11.2. The molecule has 2 saturated carbocycles. The monoisotopic (exact) mass is 456 g/mol. The van der Waals surface area contributed by atoms with Crippen LogP contribution >= 0.6 is 0 Å². The molecule has 182 valence electrons. The molecule has 1 N–H and O–H groups in total. The first-order chi connectivity index (χ1) is 16.1. The molecule has 0 radical (unpaired) electrons. The normalized spacial score (nSPS) is 42.8. The lowest BCUT2D eigenvalue weighted by atomic mass is 9.55. The van der Waals surface area contributed by atoms with Crippen LogP contribution in [0.1, 0.15) is 101 Å². The van der Waals surface area contributed by atoms with Crippen LogP contribution < -0.4 is 4.74 Å². The summed E-state index contributed by atoms with van der Waals surface area (Å²) in [6.45, 7) is 4.07. The van der Waals surface area contributed by atoms with E-state index < -0.39 is 6.10 Å². The lowest BCUT2D eigenvalue weighted by Crippen LogP contribution is -2.46. The topological polar surface area (TPSA) is 57.2 Å². The number of ether oxygens (including phenoxy) is 4. The van der Waals surface area contributed by atoms with E-state index in [1.807, 2.05) is 0 Å². The maximum Gasteiger partial charge on any atom is 0.199 e. The molecule has 33 heavy (non-hydrogen) atoms. The average molecular weight is 457 g/mol. The summed E-state index contributed by atoms with van der Waals surface area (Å²) in [7, 11) is 0. The van der Waals surface area contributed by atoms with Gasteiger partial charge in [-0.1, -0.05) is 13.0 Å². The third-order valence-corrected chi connectivity index (χ3v) is 9.52. The van der Waals surface area contributed by atoms with Gasteiger partial charge in [-0.3, -0.25) is 0 Å². The minimum absolute atomic E-state index is 0.0127. The maximum atomic E-state index is 11.2. The van der Waals surface area contributed by atoms with Crippen molar-refractivity contribution in [3.05, 3.63) is 29.3 Å². The molecule has 8 atom stereocenters. The zero-order valence-electron chi connectivity index (χ0n) is 20.0. The van der Waals surface area contributed by atoms with Crippen LogP contribution in [0.5, 0.6) is 5.75 Å². The molecular weight excluding hydrogens is 416 g/mol. The molecule has 4 fully saturated rings. The van der Waals surface area contributed by atoms with Gasteiger partial charge in [-0.15, -0.1) is 0 Å². The highest BCUT2D eigenvalue weighted by atomic mass is 16.7. The van der Waals surface area contributed by atoms with Crippen molar-refractivity contribution >= 4 is 0 Å². The second-order valence-corrected chi connectivity index (χ2v) is 11.4. The van der Waals surface area contributed by atoms with Crippen LogP contribution in [0.15, 0.2) is 18.2 Å². The molecule has 0 aromatic heterocycles. The molecule has 1 aromatic rings. The third-order valence-electron chi connectivity index (χ3n) is 9.52. The molecule has 5 nitrogen and oxygen atoms in total. The minimum atomic E-state index is -0.416. The average Bonchev–Trinajstić information content (AvgIpc) is 3.17. The van der Waals surface area contributed by atoms with Gasteiger partial charge in [0.25, 0.3) is 0 Å². The van der Waals surface area contributed by atoms with Gasteiger partial charge in [0, 0.05) is 13.0 Å². The largest absolute Gasteiger partial charge is 0.465 e. The van der Waals surface area contributed by atoms with Gasteiger partial charge in [-0.25, -0.2) is 0 Å². The fourth-order valence-electron chi connectivity index (χ4n) is 7.77. The zero-order chi connectivity index (χ0) is 22.4. The molecule has 0 unspecified atom stereocenters. The number of aliphatic hydroxyl groups excluding tert-OH is 1. The third kappa shape index (κ3) is 4.13. The number of aliphatic hydroxyl groups is 1. The molecule has 2 aliphatic heterocycles. The van der Waals surface area contributed by atoms with E-state index in [0.29, 0.717) is 17.8 Å². The Balaban J connectivity index is 1.19. The van der Waals surface area contributed by atoms with Crippen LogP contribution in [0.25, 0.3) is 0 Å². The Morgan fingerprint density at radius 3 is 2.45 bits per heavy atom. The van der Waals surface area contributed by atoms with Crippen LogP contribution in [-0.4, -0.2) is 37.0 Å². The second-order valence-electron chi connectivity index (χ2n) is 11.4. The first kappa shape index (κ1) is 22.3. The van der Waals surface area contributed by atoms with Crippen molar-refractivity contribution in [2.24, 2.45) is 17.3 Å². The van der Waals surface area contributed by atoms with Crippen molar-refractivity contribution in [2.45, 2.75) is 108 Å². The molecule has 0 amide bonds.